The molecule has 10 rings (SSSR count). The number of ether oxygens (including phenoxy) is 1. The Morgan fingerprint density at radius 3 is 1.77 bits per heavy atom. The van der Waals surface area contributed by atoms with Gasteiger partial charge in [-0.3, -0.25) is 0 Å². The number of fused-ring (bicyclic) bond motifs is 5. The zero-order valence-corrected chi connectivity index (χ0v) is 29.5. The molecule has 3 heteroatoms. The fourth-order valence-electron chi connectivity index (χ4n) is 8.44. The van der Waals surface area contributed by atoms with Crippen LogP contribution in [-0.4, -0.2) is 0 Å². The van der Waals surface area contributed by atoms with Crippen molar-refractivity contribution in [3.63, 3.8) is 0 Å². The molecule has 0 fully saturated rings. The Labute approximate surface area is 309 Å². The molecule has 8 aromatic carbocycles. The Morgan fingerprint density at radius 2 is 1.04 bits per heavy atom. The Hall–Kier alpha value is -6.89. The van der Waals surface area contributed by atoms with E-state index < -0.39 is 0 Å². The van der Waals surface area contributed by atoms with Gasteiger partial charge in [-0.25, -0.2) is 0 Å². The number of benzene rings is 8. The Morgan fingerprint density at radius 1 is 0.472 bits per heavy atom. The van der Waals surface area contributed by atoms with Gasteiger partial charge >= 0.3 is 0 Å². The van der Waals surface area contributed by atoms with Gasteiger partial charge in [0.15, 0.2) is 0 Å². The summed E-state index contributed by atoms with van der Waals surface area (Å²) in [5, 5.41) is 11.6. The maximum atomic E-state index is 9.29. The second-order valence-corrected chi connectivity index (χ2v) is 14.5. The van der Waals surface area contributed by atoms with E-state index in [1.807, 2.05) is 36.4 Å². The monoisotopic (exact) mass is 678 g/mol. The van der Waals surface area contributed by atoms with Crippen LogP contribution in [-0.2, 0) is 5.41 Å². The molecule has 1 heterocycles. The van der Waals surface area contributed by atoms with Crippen molar-refractivity contribution in [1.82, 2.24) is 0 Å². The van der Waals surface area contributed by atoms with Gasteiger partial charge in [-0.15, -0.1) is 0 Å². The zero-order valence-electron chi connectivity index (χ0n) is 29.5. The van der Waals surface area contributed by atoms with Crippen LogP contribution in [0.25, 0.3) is 55.3 Å². The lowest BCUT2D eigenvalue weighted by atomic mass is 9.82. The number of hydrogen-bond acceptors (Lipinski definition) is 3. The number of hydrogen-bond donors (Lipinski definition) is 0. The van der Waals surface area contributed by atoms with Crippen molar-refractivity contribution < 1.29 is 4.74 Å². The molecule has 3 nitrogen and oxygen atoms in total. The van der Waals surface area contributed by atoms with E-state index in [4.69, 9.17) is 4.74 Å². The minimum Gasteiger partial charge on any atom is -0.456 e. The minimum absolute atomic E-state index is 0.115. The molecule has 0 saturated heterocycles. The van der Waals surface area contributed by atoms with Gasteiger partial charge in [-0.2, -0.15) is 5.26 Å². The highest BCUT2D eigenvalue weighted by molar-refractivity contribution is 6.10. The van der Waals surface area contributed by atoms with Gasteiger partial charge in [-0.1, -0.05) is 123 Å². The summed E-state index contributed by atoms with van der Waals surface area (Å²) in [6.07, 6.45) is 0. The normalized spacial score (nSPS) is 13.0. The fraction of sp³-hybridized carbons (Fsp3) is 0.0600. The molecular formula is C50H34N2O. The predicted octanol–water partition coefficient (Wildman–Crippen LogP) is 13.6. The summed E-state index contributed by atoms with van der Waals surface area (Å²) in [6.45, 7) is 4.66. The van der Waals surface area contributed by atoms with Crippen molar-refractivity contribution in [3.05, 3.63) is 187 Å². The van der Waals surface area contributed by atoms with Crippen LogP contribution in [0.1, 0.15) is 30.5 Å². The average Bonchev–Trinajstić information content (AvgIpc) is 3.44. The molecule has 0 aromatic heterocycles. The first kappa shape index (κ1) is 30.9. The summed E-state index contributed by atoms with van der Waals surface area (Å²) in [7, 11) is 0. The molecule has 0 saturated carbocycles. The van der Waals surface area contributed by atoms with Crippen LogP contribution in [0.5, 0.6) is 11.5 Å². The summed E-state index contributed by atoms with van der Waals surface area (Å²) in [5.74, 6) is 1.79. The van der Waals surface area contributed by atoms with Gasteiger partial charge in [0.2, 0.25) is 0 Å². The average molecular weight is 679 g/mol. The fourth-order valence-corrected chi connectivity index (χ4v) is 8.44. The topological polar surface area (TPSA) is 36.3 Å². The molecular weight excluding hydrogens is 645 g/mol. The van der Waals surface area contributed by atoms with Crippen LogP contribution in [0.4, 0.5) is 17.1 Å². The smallest absolute Gasteiger partial charge is 0.135 e. The molecule has 2 aliphatic rings. The minimum atomic E-state index is -0.115. The maximum Gasteiger partial charge on any atom is 0.135 e. The molecule has 0 bridgehead atoms. The second-order valence-electron chi connectivity index (χ2n) is 14.5. The van der Waals surface area contributed by atoms with E-state index >= 15 is 0 Å². The van der Waals surface area contributed by atoms with E-state index in [0.29, 0.717) is 5.56 Å². The molecule has 0 N–H and O–H groups in total. The van der Waals surface area contributed by atoms with Gasteiger partial charge < -0.3 is 9.64 Å². The van der Waals surface area contributed by atoms with Crippen LogP contribution < -0.4 is 9.64 Å². The first-order valence-electron chi connectivity index (χ1n) is 18.1. The Balaban J connectivity index is 1.08. The van der Waals surface area contributed by atoms with Crippen molar-refractivity contribution in [3.8, 4) is 62.1 Å². The molecule has 0 amide bonds. The largest absolute Gasteiger partial charge is 0.456 e. The van der Waals surface area contributed by atoms with E-state index in [0.717, 1.165) is 56.2 Å². The van der Waals surface area contributed by atoms with Crippen LogP contribution in [0.3, 0.4) is 0 Å². The summed E-state index contributed by atoms with van der Waals surface area (Å²) >= 11 is 0. The second kappa shape index (κ2) is 11.8. The first-order valence-corrected chi connectivity index (χ1v) is 18.1. The van der Waals surface area contributed by atoms with E-state index in [1.165, 1.54) is 38.8 Å². The molecule has 250 valence electrons. The van der Waals surface area contributed by atoms with Gasteiger partial charge in [0.25, 0.3) is 0 Å². The number of para-hydroxylation sites is 1. The molecule has 0 atom stereocenters. The van der Waals surface area contributed by atoms with Crippen LogP contribution in [0, 0.1) is 11.3 Å². The van der Waals surface area contributed by atoms with Crippen LogP contribution in [0.2, 0.25) is 0 Å². The summed E-state index contributed by atoms with van der Waals surface area (Å²) in [6, 6.07) is 62.5. The summed E-state index contributed by atoms with van der Waals surface area (Å²) in [5.41, 5.74) is 16.0. The van der Waals surface area contributed by atoms with Gasteiger partial charge in [0, 0.05) is 33.4 Å². The number of nitrogens with zero attached hydrogens (tertiary/aromatic N) is 2. The molecule has 0 unspecified atom stereocenters. The van der Waals surface area contributed by atoms with Crippen molar-refractivity contribution in [2.24, 2.45) is 0 Å². The molecule has 0 radical (unpaired) electrons. The number of anilines is 3. The molecule has 53 heavy (non-hydrogen) atoms. The van der Waals surface area contributed by atoms with E-state index in [1.54, 1.807) is 0 Å². The highest BCUT2D eigenvalue weighted by atomic mass is 16.5. The van der Waals surface area contributed by atoms with Gasteiger partial charge in [0.05, 0.1) is 11.6 Å². The highest BCUT2D eigenvalue weighted by Crippen LogP contribution is 2.51. The maximum absolute atomic E-state index is 9.29. The van der Waals surface area contributed by atoms with Crippen LogP contribution >= 0.6 is 0 Å². The predicted molar refractivity (Wildman–Crippen MR) is 217 cm³/mol. The number of rotatable bonds is 5. The lowest BCUT2D eigenvalue weighted by Gasteiger charge is -2.28. The van der Waals surface area contributed by atoms with Crippen LogP contribution in [0.15, 0.2) is 170 Å². The summed E-state index contributed by atoms with van der Waals surface area (Å²) in [4.78, 5) is 2.36. The molecule has 1 aliphatic carbocycles. The Kier molecular flexibility index (Phi) is 6.90. The van der Waals surface area contributed by atoms with Crippen molar-refractivity contribution in [2.45, 2.75) is 19.3 Å². The molecule has 1 aliphatic heterocycles. The third-order valence-corrected chi connectivity index (χ3v) is 11.1. The van der Waals surface area contributed by atoms with Gasteiger partial charge in [0.1, 0.15) is 11.5 Å². The van der Waals surface area contributed by atoms with E-state index in [-0.39, 0.29) is 5.41 Å². The third kappa shape index (κ3) is 4.88. The molecule has 8 aromatic rings. The van der Waals surface area contributed by atoms with E-state index in [2.05, 4.69) is 158 Å². The quantitative estimate of drug-likeness (QED) is 0.182. The van der Waals surface area contributed by atoms with E-state index in [9.17, 15) is 5.26 Å². The first-order chi connectivity index (χ1) is 26.0. The standard InChI is InChI=1S/C50H34N2O/c1-50(2)45-11-5-3-8-40(45)41-27-26-38(30-46(41)50)52(36-22-18-34(19-23-36)33-16-14-32(31-51)15-17-33)37-24-20-35(21-25-37)39-28-29-44-42-9-4-6-12-47(42)53-48-13-7-10-43(39)49(44)48/h3-30H,1-2H3. The SMILES string of the molecule is CC1(C)c2ccccc2-c2ccc(N(c3ccc(-c4ccc(C#N)cc4)cc3)c3ccc(-c4ccc5c6c(cccc46)Oc4ccccc4-5)cc3)cc21. The van der Waals surface area contributed by atoms with Crippen molar-refractivity contribution in [1.29, 1.82) is 5.26 Å². The van der Waals surface area contributed by atoms with Crippen molar-refractivity contribution >= 4 is 27.8 Å². The number of nitriles is 1. The lowest BCUT2D eigenvalue weighted by Crippen LogP contribution is -2.16. The lowest BCUT2D eigenvalue weighted by molar-refractivity contribution is 0.487. The zero-order chi connectivity index (χ0) is 35.7. The third-order valence-electron chi connectivity index (χ3n) is 11.1. The highest BCUT2D eigenvalue weighted by Gasteiger charge is 2.35. The molecule has 0 spiro atoms. The van der Waals surface area contributed by atoms with Crippen molar-refractivity contribution in [2.75, 3.05) is 4.90 Å². The Bertz CT molecular complexity index is 2770. The summed E-state index contributed by atoms with van der Waals surface area (Å²) < 4.78 is 6.38. The van der Waals surface area contributed by atoms with Gasteiger partial charge in [-0.05, 0) is 116 Å².